The molecule has 0 aromatic heterocycles. The van der Waals surface area contributed by atoms with Gasteiger partial charge in [-0.25, -0.2) is 0 Å². The van der Waals surface area contributed by atoms with Crippen LogP contribution >= 0.6 is 0 Å². The molecule has 1 saturated carbocycles. The second kappa shape index (κ2) is 5.05. The second-order valence-electron chi connectivity index (χ2n) is 6.39. The molecule has 2 N–H and O–H groups in total. The van der Waals surface area contributed by atoms with Crippen LogP contribution in [0.1, 0.15) is 40.0 Å². The molecule has 1 heterocycles. The van der Waals surface area contributed by atoms with E-state index in [9.17, 15) is 0 Å². The van der Waals surface area contributed by atoms with E-state index >= 15 is 0 Å². The molecule has 0 amide bonds. The summed E-state index contributed by atoms with van der Waals surface area (Å²) in [6, 6.07) is 0. The minimum atomic E-state index is 0.517. The first kappa shape index (κ1) is 12.4. The Morgan fingerprint density at radius 3 is 2.56 bits per heavy atom. The first-order valence-electron chi connectivity index (χ1n) is 7.05. The molecule has 0 aromatic carbocycles. The fraction of sp³-hybridized carbons (Fsp3) is 1.00. The van der Waals surface area contributed by atoms with Crippen molar-refractivity contribution in [2.24, 2.45) is 23.2 Å². The fourth-order valence-electron chi connectivity index (χ4n) is 2.99. The van der Waals surface area contributed by atoms with Crippen molar-refractivity contribution in [1.29, 1.82) is 0 Å². The van der Waals surface area contributed by atoms with E-state index < -0.39 is 0 Å². The SMILES string of the molecule is CC(CNCC1(C(C)C)CCNC1)C1CC1. The molecule has 16 heavy (non-hydrogen) atoms. The third-order valence-corrected chi connectivity index (χ3v) is 4.87. The summed E-state index contributed by atoms with van der Waals surface area (Å²) in [5, 5.41) is 7.26. The largest absolute Gasteiger partial charge is 0.316 e. The summed E-state index contributed by atoms with van der Waals surface area (Å²) in [6.07, 6.45) is 4.29. The van der Waals surface area contributed by atoms with Gasteiger partial charge in [-0.15, -0.1) is 0 Å². The lowest BCUT2D eigenvalue weighted by atomic mass is 9.76. The normalized spacial score (nSPS) is 32.2. The predicted octanol–water partition coefficient (Wildman–Crippen LogP) is 2.26. The molecule has 94 valence electrons. The van der Waals surface area contributed by atoms with Crippen molar-refractivity contribution in [3.05, 3.63) is 0 Å². The zero-order valence-electron chi connectivity index (χ0n) is 11.2. The van der Waals surface area contributed by atoms with Gasteiger partial charge in [0.05, 0.1) is 0 Å². The molecule has 0 aromatic rings. The van der Waals surface area contributed by atoms with Crippen LogP contribution in [-0.2, 0) is 0 Å². The Morgan fingerprint density at radius 1 is 1.31 bits per heavy atom. The van der Waals surface area contributed by atoms with Crippen LogP contribution < -0.4 is 10.6 Å². The first-order chi connectivity index (χ1) is 7.64. The number of hydrogen-bond acceptors (Lipinski definition) is 2. The van der Waals surface area contributed by atoms with Crippen LogP contribution in [0.3, 0.4) is 0 Å². The smallest absolute Gasteiger partial charge is 0.00230 e. The molecule has 0 bridgehead atoms. The van der Waals surface area contributed by atoms with Gasteiger partial charge < -0.3 is 10.6 Å². The molecule has 2 fully saturated rings. The molecule has 2 nitrogen and oxygen atoms in total. The fourth-order valence-corrected chi connectivity index (χ4v) is 2.99. The van der Waals surface area contributed by atoms with Crippen molar-refractivity contribution in [3.63, 3.8) is 0 Å². The van der Waals surface area contributed by atoms with Crippen molar-refractivity contribution >= 4 is 0 Å². The van der Waals surface area contributed by atoms with Gasteiger partial charge in [-0.1, -0.05) is 20.8 Å². The van der Waals surface area contributed by atoms with E-state index in [0.29, 0.717) is 5.41 Å². The highest BCUT2D eigenvalue weighted by atomic mass is 15.0. The third kappa shape index (κ3) is 2.78. The summed E-state index contributed by atoms with van der Waals surface area (Å²) in [5.74, 6) is 2.70. The van der Waals surface area contributed by atoms with Gasteiger partial charge in [-0.2, -0.15) is 0 Å². The molecule has 2 heteroatoms. The molecule has 0 spiro atoms. The summed E-state index contributed by atoms with van der Waals surface area (Å²) < 4.78 is 0. The first-order valence-corrected chi connectivity index (χ1v) is 7.05. The van der Waals surface area contributed by atoms with Gasteiger partial charge in [0.1, 0.15) is 0 Å². The van der Waals surface area contributed by atoms with Gasteiger partial charge in [0.25, 0.3) is 0 Å². The average Bonchev–Trinajstić information content (AvgIpc) is 2.99. The molecular weight excluding hydrogens is 196 g/mol. The zero-order chi connectivity index (χ0) is 11.6. The molecule has 0 radical (unpaired) electrons. The van der Waals surface area contributed by atoms with Crippen LogP contribution in [0.5, 0.6) is 0 Å². The molecule has 2 rings (SSSR count). The second-order valence-corrected chi connectivity index (χ2v) is 6.39. The van der Waals surface area contributed by atoms with E-state index in [1.165, 1.54) is 45.4 Å². The van der Waals surface area contributed by atoms with Crippen molar-refractivity contribution < 1.29 is 0 Å². The maximum Gasteiger partial charge on any atom is 0.00230 e. The minimum Gasteiger partial charge on any atom is -0.316 e. The molecule has 2 aliphatic rings. The summed E-state index contributed by atoms with van der Waals surface area (Å²) in [7, 11) is 0. The molecule has 1 aliphatic carbocycles. The van der Waals surface area contributed by atoms with Crippen molar-refractivity contribution in [2.45, 2.75) is 40.0 Å². The highest BCUT2D eigenvalue weighted by Gasteiger charge is 2.36. The Balaban J connectivity index is 1.73. The van der Waals surface area contributed by atoms with Gasteiger partial charge in [0, 0.05) is 13.1 Å². The Labute approximate surface area is 101 Å². The number of hydrogen-bond donors (Lipinski definition) is 2. The summed E-state index contributed by atoms with van der Waals surface area (Å²) in [6.45, 7) is 12.0. The van der Waals surface area contributed by atoms with E-state index in [2.05, 4.69) is 31.4 Å². The molecule has 1 saturated heterocycles. The standard InChI is InChI=1S/C14H28N2/c1-11(2)14(6-7-15-9-14)10-16-8-12(3)13-4-5-13/h11-13,15-16H,4-10H2,1-3H3. The van der Waals surface area contributed by atoms with E-state index in [0.717, 1.165) is 17.8 Å². The van der Waals surface area contributed by atoms with Gasteiger partial charge in [0.2, 0.25) is 0 Å². The number of nitrogens with one attached hydrogen (secondary N) is 2. The topological polar surface area (TPSA) is 24.1 Å². The van der Waals surface area contributed by atoms with Crippen LogP contribution in [0.25, 0.3) is 0 Å². The van der Waals surface area contributed by atoms with E-state index in [1.54, 1.807) is 0 Å². The quantitative estimate of drug-likeness (QED) is 0.723. The highest BCUT2D eigenvalue weighted by molar-refractivity contribution is 4.92. The molecular formula is C14H28N2. The Kier molecular flexibility index (Phi) is 3.91. The van der Waals surface area contributed by atoms with Gasteiger partial charge in [-0.3, -0.25) is 0 Å². The maximum absolute atomic E-state index is 3.73. The van der Waals surface area contributed by atoms with Gasteiger partial charge in [-0.05, 0) is 55.5 Å². The monoisotopic (exact) mass is 224 g/mol. The summed E-state index contributed by atoms with van der Waals surface area (Å²) in [4.78, 5) is 0. The lowest BCUT2D eigenvalue weighted by Crippen LogP contribution is -2.41. The molecule has 1 aliphatic heterocycles. The maximum atomic E-state index is 3.73. The molecule has 2 atom stereocenters. The Bertz CT molecular complexity index is 215. The van der Waals surface area contributed by atoms with Crippen LogP contribution in [0.2, 0.25) is 0 Å². The van der Waals surface area contributed by atoms with E-state index in [-0.39, 0.29) is 0 Å². The summed E-state index contributed by atoms with van der Waals surface area (Å²) in [5.41, 5.74) is 0.517. The lowest BCUT2D eigenvalue weighted by Gasteiger charge is -2.33. The van der Waals surface area contributed by atoms with Crippen LogP contribution in [0, 0.1) is 23.2 Å². The minimum absolute atomic E-state index is 0.517. The van der Waals surface area contributed by atoms with Gasteiger partial charge >= 0.3 is 0 Å². The lowest BCUT2D eigenvalue weighted by molar-refractivity contribution is 0.204. The third-order valence-electron chi connectivity index (χ3n) is 4.87. The van der Waals surface area contributed by atoms with Crippen molar-refractivity contribution in [1.82, 2.24) is 10.6 Å². The highest BCUT2D eigenvalue weighted by Crippen LogP contribution is 2.37. The van der Waals surface area contributed by atoms with Crippen LogP contribution in [0.15, 0.2) is 0 Å². The van der Waals surface area contributed by atoms with Crippen LogP contribution in [0.4, 0.5) is 0 Å². The van der Waals surface area contributed by atoms with E-state index in [1.807, 2.05) is 0 Å². The molecule has 2 unspecified atom stereocenters. The zero-order valence-corrected chi connectivity index (χ0v) is 11.2. The summed E-state index contributed by atoms with van der Waals surface area (Å²) >= 11 is 0. The van der Waals surface area contributed by atoms with Gasteiger partial charge in [0.15, 0.2) is 0 Å². The van der Waals surface area contributed by atoms with Crippen LogP contribution in [-0.4, -0.2) is 26.2 Å². The Hall–Kier alpha value is -0.0800. The van der Waals surface area contributed by atoms with E-state index in [4.69, 9.17) is 0 Å². The average molecular weight is 224 g/mol. The number of rotatable bonds is 6. The van der Waals surface area contributed by atoms with Crippen molar-refractivity contribution in [2.75, 3.05) is 26.2 Å². The predicted molar refractivity (Wildman–Crippen MR) is 69.5 cm³/mol. The van der Waals surface area contributed by atoms with Crippen molar-refractivity contribution in [3.8, 4) is 0 Å². The Morgan fingerprint density at radius 2 is 2.06 bits per heavy atom.